The number of hydrogen-bond acceptors (Lipinski definition) is 3. The molecule has 0 fully saturated rings. The van der Waals surface area contributed by atoms with Crippen molar-refractivity contribution in [1.29, 1.82) is 0 Å². The molecule has 0 amide bonds. The third-order valence-electron chi connectivity index (χ3n) is 3.15. The normalized spacial score (nSPS) is 10.7. The van der Waals surface area contributed by atoms with Gasteiger partial charge in [-0.15, -0.1) is 0 Å². The molecule has 0 radical (unpaired) electrons. The number of unbranched alkanes of at least 4 members (excludes halogenated alkanes) is 3. The van der Waals surface area contributed by atoms with Crippen LogP contribution >= 0.6 is 7.26 Å². The first-order chi connectivity index (χ1) is 8.41. The molecule has 0 saturated carbocycles. The fourth-order valence-electron chi connectivity index (χ4n) is 1.95. The van der Waals surface area contributed by atoms with E-state index in [9.17, 15) is 0 Å². The predicted octanol–water partition coefficient (Wildman–Crippen LogP) is 4.80. The molecule has 0 heterocycles. The largest absolute Gasteiger partial charge is 0.356 e. The van der Waals surface area contributed by atoms with Crippen LogP contribution in [0.25, 0.3) is 0 Å². The number of nitrogens with zero attached hydrogens (tertiary/aromatic N) is 1. The van der Waals surface area contributed by atoms with Crippen LogP contribution in [0.5, 0.6) is 0 Å². The molecular formula is C13H30NO3P. The Kier molecular flexibility index (Phi) is 14.5. The molecule has 4 nitrogen and oxygen atoms in total. The summed E-state index contributed by atoms with van der Waals surface area (Å²) in [6.07, 6.45) is 13.2. The lowest BCUT2D eigenvalue weighted by Crippen LogP contribution is -2.07. The first kappa shape index (κ1) is 20.0. The summed E-state index contributed by atoms with van der Waals surface area (Å²) in [7, 11) is -0.519. The standard InChI is InChI=1S/C13H30P.NO3/c1-5-8-11-14(4,12-9-6-2)13-10-7-3;2-1(3)4/h5-13H2,1-4H3;/q+1;-1. The molecule has 0 bridgehead atoms. The SMILES string of the molecule is CCCC[P+](C)(CCCC)CCCC.O=[N+]([O-])[O-]. The lowest BCUT2D eigenvalue weighted by Gasteiger charge is -2.22. The lowest BCUT2D eigenvalue weighted by molar-refractivity contribution is -0.402. The van der Waals surface area contributed by atoms with E-state index >= 15 is 0 Å². The summed E-state index contributed by atoms with van der Waals surface area (Å²) in [5, 5.41) is 14.8. The molecular weight excluding hydrogens is 249 g/mol. The maximum absolute atomic E-state index is 8.25. The Morgan fingerprint density at radius 3 is 1.22 bits per heavy atom. The minimum Gasteiger partial charge on any atom is -0.356 e. The summed E-state index contributed by atoms with van der Waals surface area (Å²) >= 11 is 0. The van der Waals surface area contributed by atoms with Gasteiger partial charge < -0.3 is 15.3 Å². The average molecular weight is 279 g/mol. The van der Waals surface area contributed by atoms with Gasteiger partial charge in [-0.2, -0.15) is 0 Å². The highest BCUT2D eigenvalue weighted by atomic mass is 31.2. The quantitative estimate of drug-likeness (QED) is 0.346. The van der Waals surface area contributed by atoms with E-state index < -0.39 is 12.3 Å². The molecule has 0 saturated heterocycles. The van der Waals surface area contributed by atoms with Crippen LogP contribution in [0, 0.1) is 15.3 Å². The van der Waals surface area contributed by atoms with E-state index in [1.54, 1.807) is 18.5 Å². The molecule has 0 aliphatic rings. The van der Waals surface area contributed by atoms with Gasteiger partial charge in [0.1, 0.15) is 0 Å². The van der Waals surface area contributed by atoms with Crippen molar-refractivity contribution in [2.45, 2.75) is 59.3 Å². The van der Waals surface area contributed by atoms with Gasteiger partial charge in [0, 0.05) is 13.9 Å². The van der Waals surface area contributed by atoms with Crippen molar-refractivity contribution in [2.75, 3.05) is 25.2 Å². The van der Waals surface area contributed by atoms with Gasteiger partial charge in [-0.3, -0.25) is 0 Å². The van der Waals surface area contributed by atoms with E-state index in [0.29, 0.717) is 0 Å². The van der Waals surface area contributed by atoms with E-state index in [1.807, 2.05) is 0 Å². The second kappa shape index (κ2) is 13.1. The molecule has 0 aromatic rings. The van der Waals surface area contributed by atoms with Crippen molar-refractivity contribution in [2.24, 2.45) is 0 Å². The zero-order valence-corrected chi connectivity index (χ0v) is 13.4. The van der Waals surface area contributed by atoms with Gasteiger partial charge in [-0.05, 0) is 19.3 Å². The maximum Gasteiger partial charge on any atom is 0.0689 e. The first-order valence-corrected chi connectivity index (χ1v) is 9.86. The van der Waals surface area contributed by atoms with Crippen molar-refractivity contribution >= 4 is 7.26 Å². The van der Waals surface area contributed by atoms with Crippen LogP contribution in [0.15, 0.2) is 0 Å². The third-order valence-corrected chi connectivity index (χ3v) is 7.34. The Morgan fingerprint density at radius 2 is 1.06 bits per heavy atom. The van der Waals surface area contributed by atoms with Gasteiger partial charge >= 0.3 is 0 Å². The lowest BCUT2D eigenvalue weighted by atomic mass is 10.4. The summed E-state index contributed by atoms with van der Waals surface area (Å²) in [6.45, 7) is 9.59. The molecule has 0 spiro atoms. The zero-order valence-electron chi connectivity index (χ0n) is 12.5. The summed E-state index contributed by atoms with van der Waals surface area (Å²) in [5.74, 6) is 0. The van der Waals surface area contributed by atoms with E-state index in [4.69, 9.17) is 15.3 Å². The Hall–Kier alpha value is -0.370. The Balaban J connectivity index is 0. The van der Waals surface area contributed by atoms with E-state index in [1.165, 1.54) is 38.5 Å². The number of hydrogen-bond donors (Lipinski definition) is 0. The van der Waals surface area contributed by atoms with Crippen LogP contribution in [0.2, 0.25) is 0 Å². The van der Waals surface area contributed by atoms with Crippen molar-refractivity contribution in [3.8, 4) is 0 Å². The summed E-state index contributed by atoms with van der Waals surface area (Å²) in [6, 6.07) is 0. The predicted molar refractivity (Wildman–Crippen MR) is 82.5 cm³/mol. The summed E-state index contributed by atoms with van der Waals surface area (Å²) in [5.41, 5.74) is 0. The van der Waals surface area contributed by atoms with E-state index in [0.717, 1.165) is 0 Å². The molecule has 18 heavy (non-hydrogen) atoms. The van der Waals surface area contributed by atoms with E-state index in [-0.39, 0.29) is 0 Å². The van der Waals surface area contributed by atoms with E-state index in [2.05, 4.69) is 27.4 Å². The monoisotopic (exact) mass is 279 g/mol. The highest BCUT2D eigenvalue weighted by molar-refractivity contribution is 7.75. The van der Waals surface area contributed by atoms with Gasteiger partial charge in [0.25, 0.3) is 0 Å². The average Bonchev–Trinajstić information content (AvgIpc) is 2.31. The van der Waals surface area contributed by atoms with Crippen LogP contribution in [0.3, 0.4) is 0 Å². The van der Waals surface area contributed by atoms with Crippen LogP contribution in [0.1, 0.15) is 59.3 Å². The molecule has 110 valence electrons. The number of rotatable bonds is 9. The fourth-order valence-corrected chi connectivity index (χ4v) is 5.86. The third kappa shape index (κ3) is 15.6. The highest BCUT2D eigenvalue weighted by Gasteiger charge is 2.28. The van der Waals surface area contributed by atoms with Gasteiger partial charge in [0.2, 0.25) is 0 Å². The second-order valence-corrected chi connectivity index (χ2v) is 9.66. The minimum absolute atomic E-state index is 0.519. The van der Waals surface area contributed by atoms with Crippen molar-refractivity contribution < 1.29 is 5.09 Å². The molecule has 0 atom stereocenters. The Labute approximate surface area is 113 Å². The summed E-state index contributed by atoms with van der Waals surface area (Å²) in [4.78, 5) is 8.25. The topological polar surface area (TPSA) is 66.2 Å². The Bertz CT molecular complexity index is 175. The van der Waals surface area contributed by atoms with Crippen molar-refractivity contribution in [1.82, 2.24) is 0 Å². The molecule has 0 aliphatic heterocycles. The van der Waals surface area contributed by atoms with Crippen molar-refractivity contribution in [3.05, 3.63) is 15.3 Å². The van der Waals surface area contributed by atoms with Crippen LogP contribution in [0.4, 0.5) is 0 Å². The Morgan fingerprint density at radius 1 is 0.833 bits per heavy atom. The zero-order chi connectivity index (χ0) is 14.4. The minimum atomic E-state index is -1.75. The molecule has 0 aliphatic carbocycles. The van der Waals surface area contributed by atoms with Crippen LogP contribution in [-0.2, 0) is 0 Å². The fraction of sp³-hybridized carbons (Fsp3) is 1.00. The van der Waals surface area contributed by atoms with Crippen LogP contribution in [-0.4, -0.2) is 30.2 Å². The molecule has 0 aromatic heterocycles. The maximum atomic E-state index is 8.25. The highest BCUT2D eigenvalue weighted by Crippen LogP contribution is 2.57. The molecule has 5 heteroatoms. The van der Waals surface area contributed by atoms with Gasteiger partial charge in [-0.25, -0.2) is 0 Å². The molecule has 0 N–H and O–H groups in total. The second-order valence-electron chi connectivity index (χ2n) is 5.07. The molecule has 0 rings (SSSR count). The molecule has 0 unspecified atom stereocenters. The first-order valence-electron chi connectivity index (χ1n) is 7.06. The van der Waals surface area contributed by atoms with Gasteiger partial charge in [0.05, 0.1) is 23.6 Å². The molecule has 0 aromatic carbocycles. The van der Waals surface area contributed by atoms with Gasteiger partial charge in [-0.1, -0.05) is 40.0 Å². The van der Waals surface area contributed by atoms with Crippen LogP contribution < -0.4 is 0 Å². The van der Waals surface area contributed by atoms with Gasteiger partial charge in [0.15, 0.2) is 0 Å². The van der Waals surface area contributed by atoms with Crippen molar-refractivity contribution in [3.63, 3.8) is 0 Å². The smallest absolute Gasteiger partial charge is 0.0689 e. The summed E-state index contributed by atoms with van der Waals surface area (Å²) < 4.78 is 0.